The molecule has 3 aromatic rings. The fourth-order valence-electron chi connectivity index (χ4n) is 2.23. The van der Waals surface area contributed by atoms with Gasteiger partial charge in [-0.15, -0.1) is 0 Å². The van der Waals surface area contributed by atoms with Gasteiger partial charge >= 0.3 is 0 Å². The summed E-state index contributed by atoms with van der Waals surface area (Å²) in [5.41, 5.74) is 2.91. The van der Waals surface area contributed by atoms with Gasteiger partial charge < -0.3 is 15.1 Å². The maximum atomic E-state index is 12.2. The molecule has 0 aliphatic carbocycles. The first-order chi connectivity index (χ1) is 11.6. The van der Waals surface area contributed by atoms with Gasteiger partial charge in [0, 0.05) is 16.9 Å². The van der Waals surface area contributed by atoms with Crippen molar-refractivity contribution in [2.24, 2.45) is 0 Å². The molecule has 24 heavy (non-hydrogen) atoms. The highest BCUT2D eigenvalue weighted by molar-refractivity contribution is 6.05. The average Bonchev–Trinajstić information content (AvgIpc) is 3.10. The first-order valence-corrected chi connectivity index (χ1v) is 7.45. The molecule has 2 aromatic carbocycles. The molecule has 2 N–H and O–H groups in total. The van der Waals surface area contributed by atoms with Gasteiger partial charge in [0.2, 0.25) is 0 Å². The van der Waals surface area contributed by atoms with E-state index >= 15 is 0 Å². The average molecular weight is 320 g/mol. The molecular weight excluding hydrogens is 304 g/mol. The van der Waals surface area contributed by atoms with Crippen molar-refractivity contribution in [3.05, 3.63) is 83.8 Å². The van der Waals surface area contributed by atoms with E-state index in [1.807, 2.05) is 31.2 Å². The Bertz CT molecular complexity index is 853. The molecule has 1 aromatic heterocycles. The molecule has 120 valence electrons. The van der Waals surface area contributed by atoms with Gasteiger partial charge in [-0.05, 0) is 61.0 Å². The molecule has 0 radical (unpaired) electrons. The second kappa shape index (κ2) is 6.83. The van der Waals surface area contributed by atoms with Crippen LogP contribution in [0.2, 0.25) is 0 Å². The number of hydrogen-bond acceptors (Lipinski definition) is 3. The Balaban J connectivity index is 1.65. The maximum absolute atomic E-state index is 12.2. The number of anilines is 2. The summed E-state index contributed by atoms with van der Waals surface area (Å²) in [6.07, 6.45) is 1.44. The molecule has 0 saturated carbocycles. The maximum Gasteiger partial charge on any atom is 0.291 e. The van der Waals surface area contributed by atoms with E-state index < -0.39 is 0 Å². The predicted octanol–water partition coefficient (Wildman–Crippen LogP) is 4.09. The van der Waals surface area contributed by atoms with Crippen molar-refractivity contribution in [2.75, 3.05) is 10.6 Å². The minimum atomic E-state index is -0.336. The van der Waals surface area contributed by atoms with Crippen LogP contribution in [0.3, 0.4) is 0 Å². The van der Waals surface area contributed by atoms with Gasteiger partial charge in [0.15, 0.2) is 5.76 Å². The number of furan rings is 1. The van der Waals surface area contributed by atoms with E-state index in [9.17, 15) is 9.59 Å². The first kappa shape index (κ1) is 15.6. The van der Waals surface area contributed by atoms with Gasteiger partial charge in [0.25, 0.3) is 11.8 Å². The van der Waals surface area contributed by atoms with Gasteiger partial charge in [-0.25, -0.2) is 0 Å². The topological polar surface area (TPSA) is 71.3 Å². The Morgan fingerprint density at radius 2 is 1.58 bits per heavy atom. The smallest absolute Gasteiger partial charge is 0.291 e. The fraction of sp³-hybridized carbons (Fsp3) is 0.0526. The van der Waals surface area contributed by atoms with Crippen LogP contribution in [-0.2, 0) is 0 Å². The van der Waals surface area contributed by atoms with E-state index in [1.165, 1.54) is 6.26 Å². The molecule has 0 bridgehead atoms. The summed E-state index contributed by atoms with van der Waals surface area (Å²) in [5, 5.41) is 5.54. The van der Waals surface area contributed by atoms with Crippen molar-refractivity contribution < 1.29 is 14.0 Å². The lowest BCUT2D eigenvalue weighted by atomic mass is 10.1. The molecule has 0 fully saturated rings. The highest BCUT2D eigenvalue weighted by Gasteiger charge is 2.10. The van der Waals surface area contributed by atoms with Crippen molar-refractivity contribution in [1.29, 1.82) is 0 Å². The molecule has 1 heterocycles. The van der Waals surface area contributed by atoms with Crippen LogP contribution < -0.4 is 10.6 Å². The number of hydrogen-bond donors (Lipinski definition) is 2. The third kappa shape index (κ3) is 3.70. The van der Waals surface area contributed by atoms with Crippen molar-refractivity contribution in [3.63, 3.8) is 0 Å². The zero-order chi connectivity index (χ0) is 16.9. The summed E-state index contributed by atoms with van der Waals surface area (Å²) in [6, 6.07) is 17.5. The first-order valence-electron chi connectivity index (χ1n) is 7.45. The minimum Gasteiger partial charge on any atom is -0.459 e. The summed E-state index contributed by atoms with van der Waals surface area (Å²) in [4.78, 5) is 24.1. The standard InChI is InChI=1S/C19H16N2O3/c1-13-4-2-5-16(12-13)21-18(22)14-7-9-15(10-8-14)20-19(23)17-6-3-11-24-17/h2-12H,1H3,(H,20,23)(H,21,22). The number of nitrogens with one attached hydrogen (secondary N) is 2. The lowest BCUT2D eigenvalue weighted by molar-refractivity contribution is 0.0995. The number of benzene rings is 2. The zero-order valence-corrected chi connectivity index (χ0v) is 13.1. The largest absolute Gasteiger partial charge is 0.459 e. The van der Waals surface area contributed by atoms with E-state index in [0.717, 1.165) is 11.3 Å². The Morgan fingerprint density at radius 3 is 2.25 bits per heavy atom. The Morgan fingerprint density at radius 1 is 0.833 bits per heavy atom. The van der Waals surface area contributed by atoms with Gasteiger partial charge in [0.05, 0.1) is 6.26 Å². The van der Waals surface area contributed by atoms with Crippen LogP contribution in [0.15, 0.2) is 71.3 Å². The normalized spacial score (nSPS) is 10.2. The molecular formula is C19H16N2O3. The molecule has 5 nitrogen and oxygen atoms in total. The van der Waals surface area contributed by atoms with E-state index in [2.05, 4.69) is 10.6 Å². The summed E-state index contributed by atoms with van der Waals surface area (Å²) in [6.45, 7) is 1.96. The highest BCUT2D eigenvalue weighted by Crippen LogP contribution is 2.15. The van der Waals surface area contributed by atoms with Gasteiger partial charge in [-0.1, -0.05) is 12.1 Å². The summed E-state index contributed by atoms with van der Waals surface area (Å²) >= 11 is 0. The quantitative estimate of drug-likeness (QED) is 0.760. The Labute approximate surface area is 139 Å². The Hall–Kier alpha value is -3.34. The number of amides is 2. The summed E-state index contributed by atoms with van der Waals surface area (Å²) in [5.74, 6) is -0.308. The zero-order valence-electron chi connectivity index (χ0n) is 13.1. The molecule has 0 aliphatic heterocycles. The number of rotatable bonds is 4. The van der Waals surface area contributed by atoms with E-state index in [4.69, 9.17) is 4.42 Å². The number of carbonyl (C=O) groups excluding carboxylic acids is 2. The highest BCUT2D eigenvalue weighted by atomic mass is 16.3. The van der Waals surface area contributed by atoms with Crippen molar-refractivity contribution in [3.8, 4) is 0 Å². The molecule has 2 amide bonds. The van der Waals surface area contributed by atoms with Crippen LogP contribution in [0.5, 0.6) is 0 Å². The monoisotopic (exact) mass is 320 g/mol. The molecule has 0 aliphatic rings. The van der Waals surface area contributed by atoms with Crippen LogP contribution in [0.4, 0.5) is 11.4 Å². The van der Waals surface area contributed by atoms with Crippen molar-refractivity contribution in [1.82, 2.24) is 0 Å². The van der Waals surface area contributed by atoms with Gasteiger partial charge in [-0.3, -0.25) is 9.59 Å². The lowest BCUT2D eigenvalue weighted by Gasteiger charge is -2.07. The SMILES string of the molecule is Cc1cccc(NC(=O)c2ccc(NC(=O)c3ccco3)cc2)c1. The second-order valence-electron chi connectivity index (χ2n) is 5.33. The minimum absolute atomic E-state index is 0.204. The molecule has 0 saturated heterocycles. The van der Waals surface area contributed by atoms with E-state index in [0.29, 0.717) is 11.3 Å². The van der Waals surface area contributed by atoms with Crippen LogP contribution in [-0.4, -0.2) is 11.8 Å². The number of aryl methyl sites for hydroxylation is 1. The van der Waals surface area contributed by atoms with Crippen molar-refractivity contribution >= 4 is 23.2 Å². The molecule has 0 atom stereocenters. The third-order valence-corrected chi connectivity index (χ3v) is 3.43. The van der Waals surface area contributed by atoms with E-state index in [1.54, 1.807) is 36.4 Å². The molecule has 3 rings (SSSR count). The lowest BCUT2D eigenvalue weighted by Crippen LogP contribution is -2.13. The van der Waals surface area contributed by atoms with Gasteiger partial charge in [-0.2, -0.15) is 0 Å². The predicted molar refractivity (Wildman–Crippen MR) is 92.2 cm³/mol. The van der Waals surface area contributed by atoms with Crippen LogP contribution in [0.1, 0.15) is 26.5 Å². The van der Waals surface area contributed by atoms with Crippen LogP contribution in [0, 0.1) is 6.92 Å². The number of carbonyl (C=O) groups is 2. The Kier molecular flexibility index (Phi) is 4.43. The van der Waals surface area contributed by atoms with Crippen LogP contribution in [0.25, 0.3) is 0 Å². The molecule has 0 spiro atoms. The molecule has 5 heteroatoms. The molecule has 0 unspecified atom stereocenters. The third-order valence-electron chi connectivity index (χ3n) is 3.43. The fourth-order valence-corrected chi connectivity index (χ4v) is 2.23. The van der Waals surface area contributed by atoms with E-state index in [-0.39, 0.29) is 17.6 Å². The van der Waals surface area contributed by atoms with Crippen LogP contribution >= 0.6 is 0 Å². The van der Waals surface area contributed by atoms with Crippen molar-refractivity contribution in [2.45, 2.75) is 6.92 Å². The second-order valence-corrected chi connectivity index (χ2v) is 5.33. The van der Waals surface area contributed by atoms with Gasteiger partial charge in [0.1, 0.15) is 0 Å². The summed E-state index contributed by atoms with van der Waals surface area (Å²) < 4.78 is 5.03. The summed E-state index contributed by atoms with van der Waals surface area (Å²) in [7, 11) is 0.